The van der Waals surface area contributed by atoms with Crippen LogP contribution < -0.4 is 10.6 Å². The summed E-state index contributed by atoms with van der Waals surface area (Å²) in [6.45, 7) is 1.22. The van der Waals surface area contributed by atoms with Gasteiger partial charge in [-0.1, -0.05) is 12.1 Å². The van der Waals surface area contributed by atoms with E-state index in [0.717, 1.165) is 0 Å². The summed E-state index contributed by atoms with van der Waals surface area (Å²) in [7, 11) is 0. The molecule has 0 saturated carbocycles. The van der Waals surface area contributed by atoms with Crippen molar-refractivity contribution in [2.45, 2.75) is 38.3 Å². The standard InChI is InChI=1S/C16H18FN3O4/c1-10(21)19-14(9-11-4-2-5-12(17)8-11)15(22)20-13(16(23)24)6-3-7-18/h2,4-5,8,13-14H,3,6,9H2,1H3,(H,19,21)(H,20,22)(H,23,24)/t13-,14+/m0/s1. The SMILES string of the molecule is CC(=O)N[C@H](Cc1cccc(F)c1)C(=O)N[C@@H](CCC#N)C(=O)O. The van der Waals surface area contributed by atoms with Gasteiger partial charge in [-0.2, -0.15) is 5.26 Å². The van der Waals surface area contributed by atoms with E-state index in [1.54, 1.807) is 6.07 Å². The van der Waals surface area contributed by atoms with Crippen molar-refractivity contribution in [3.05, 3.63) is 35.6 Å². The summed E-state index contributed by atoms with van der Waals surface area (Å²) in [5.74, 6) is -2.94. The molecule has 0 aliphatic rings. The highest BCUT2D eigenvalue weighted by molar-refractivity contribution is 5.90. The second-order valence-corrected chi connectivity index (χ2v) is 5.18. The Balaban J connectivity index is 2.85. The Morgan fingerprint density at radius 2 is 2.00 bits per heavy atom. The minimum Gasteiger partial charge on any atom is -0.480 e. The van der Waals surface area contributed by atoms with E-state index in [-0.39, 0.29) is 19.3 Å². The molecule has 24 heavy (non-hydrogen) atoms. The summed E-state index contributed by atoms with van der Waals surface area (Å²) in [4.78, 5) is 34.7. The number of carboxylic acids is 1. The van der Waals surface area contributed by atoms with Gasteiger partial charge >= 0.3 is 5.97 Å². The lowest BCUT2D eigenvalue weighted by Gasteiger charge is -2.20. The minimum absolute atomic E-state index is 0.00770. The summed E-state index contributed by atoms with van der Waals surface area (Å²) in [5.41, 5.74) is 0.479. The van der Waals surface area contributed by atoms with Crippen molar-refractivity contribution in [3.8, 4) is 6.07 Å². The second-order valence-electron chi connectivity index (χ2n) is 5.18. The van der Waals surface area contributed by atoms with Crippen LogP contribution in [-0.4, -0.2) is 35.0 Å². The van der Waals surface area contributed by atoms with Crippen LogP contribution in [0.25, 0.3) is 0 Å². The minimum atomic E-state index is -1.27. The van der Waals surface area contributed by atoms with Crippen molar-refractivity contribution < 1.29 is 23.9 Å². The molecule has 2 atom stereocenters. The number of nitrogens with one attached hydrogen (secondary N) is 2. The quantitative estimate of drug-likeness (QED) is 0.647. The van der Waals surface area contributed by atoms with Crippen LogP contribution in [0.15, 0.2) is 24.3 Å². The topological polar surface area (TPSA) is 119 Å². The third-order valence-electron chi connectivity index (χ3n) is 3.18. The Bertz CT molecular complexity index is 657. The molecule has 3 N–H and O–H groups in total. The predicted octanol–water partition coefficient (Wildman–Crippen LogP) is 0.746. The molecular formula is C16H18FN3O4. The number of benzene rings is 1. The maximum atomic E-state index is 13.2. The highest BCUT2D eigenvalue weighted by Gasteiger charge is 2.26. The van der Waals surface area contributed by atoms with Gasteiger partial charge in [-0.15, -0.1) is 0 Å². The molecule has 0 aliphatic carbocycles. The molecule has 0 heterocycles. The number of hydrogen-bond acceptors (Lipinski definition) is 4. The van der Waals surface area contributed by atoms with Crippen LogP contribution in [0.5, 0.6) is 0 Å². The third kappa shape index (κ3) is 6.44. The van der Waals surface area contributed by atoms with Crippen molar-refractivity contribution in [2.75, 3.05) is 0 Å². The van der Waals surface area contributed by atoms with Crippen LogP contribution in [0.2, 0.25) is 0 Å². The first kappa shape index (κ1) is 19.1. The van der Waals surface area contributed by atoms with Gasteiger partial charge in [0.2, 0.25) is 11.8 Å². The molecule has 0 saturated heterocycles. The van der Waals surface area contributed by atoms with Crippen molar-refractivity contribution in [2.24, 2.45) is 0 Å². The number of rotatable bonds is 8. The maximum absolute atomic E-state index is 13.2. The van der Waals surface area contributed by atoms with E-state index in [4.69, 9.17) is 10.4 Å². The third-order valence-corrected chi connectivity index (χ3v) is 3.18. The fraction of sp³-hybridized carbons (Fsp3) is 0.375. The Kier molecular flexibility index (Phi) is 7.36. The molecular weight excluding hydrogens is 317 g/mol. The van der Waals surface area contributed by atoms with Crippen LogP contribution in [0, 0.1) is 17.1 Å². The first-order valence-electron chi connectivity index (χ1n) is 7.25. The average molecular weight is 335 g/mol. The van der Waals surface area contributed by atoms with E-state index in [9.17, 15) is 18.8 Å². The van der Waals surface area contributed by atoms with Gasteiger partial charge in [0.05, 0.1) is 6.07 Å². The Hall–Kier alpha value is -2.95. The van der Waals surface area contributed by atoms with Gasteiger partial charge in [0.25, 0.3) is 0 Å². The van der Waals surface area contributed by atoms with Gasteiger partial charge in [-0.05, 0) is 24.1 Å². The van der Waals surface area contributed by atoms with Gasteiger partial charge in [-0.25, -0.2) is 9.18 Å². The van der Waals surface area contributed by atoms with E-state index in [0.29, 0.717) is 5.56 Å². The number of hydrogen-bond donors (Lipinski definition) is 3. The maximum Gasteiger partial charge on any atom is 0.326 e. The average Bonchev–Trinajstić information content (AvgIpc) is 2.49. The summed E-state index contributed by atoms with van der Waals surface area (Å²) in [6, 6.07) is 5.07. The van der Waals surface area contributed by atoms with Gasteiger partial charge in [0, 0.05) is 19.8 Å². The van der Waals surface area contributed by atoms with Crippen molar-refractivity contribution in [1.29, 1.82) is 5.26 Å². The number of amides is 2. The number of nitrogens with zero attached hydrogens (tertiary/aromatic N) is 1. The number of carbonyl (C=O) groups is 3. The lowest BCUT2D eigenvalue weighted by Crippen LogP contribution is -2.52. The molecule has 0 aromatic heterocycles. The molecule has 0 fully saturated rings. The molecule has 0 spiro atoms. The molecule has 0 aliphatic heterocycles. The van der Waals surface area contributed by atoms with Gasteiger partial charge in [0.15, 0.2) is 0 Å². The van der Waals surface area contributed by atoms with Crippen LogP contribution in [0.1, 0.15) is 25.3 Å². The number of carboxylic acid groups (broad SMARTS) is 1. The summed E-state index contributed by atoms with van der Waals surface area (Å²) < 4.78 is 13.2. The van der Waals surface area contributed by atoms with E-state index in [1.165, 1.54) is 25.1 Å². The number of nitriles is 1. The van der Waals surface area contributed by atoms with Crippen LogP contribution in [0.4, 0.5) is 4.39 Å². The van der Waals surface area contributed by atoms with Gasteiger partial charge in [0.1, 0.15) is 17.9 Å². The first-order chi connectivity index (χ1) is 11.3. The lowest BCUT2D eigenvalue weighted by atomic mass is 10.0. The Morgan fingerprint density at radius 3 is 2.54 bits per heavy atom. The fourth-order valence-corrected chi connectivity index (χ4v) is 2.09. The smallest absolute Gasteiger partial charge is 0.326 e. The molecule has 7 nitrogen and oxygen atoms in total. The molecule has 0 bridgehead atoms. The Labute approximate surface area is 138 Å². The number of aliphatic carboxylic acids is 1. The summed E-state index contributed by atoms with van der Waals surface area (Å²) >= 11 is 0. The normalized spacial score (nSPS) is 12.5. The zero-order valence-electron chi connectivity index (χ0n) is 13.1. The summed E-state index contributed by atoms with van der Waals surface area (Å²) in [5, 5.41) is 22.3. The monoisotopic (exact) mass is 335 g/mol. The molecule has 0 radical (unpaired) electrons. The van der Waals surface area contributed by atoms with Crippen LogP contribution >= 0.6 is 0 Å². The van der Waals surface area contributed by atoms with Crippen molar-refractivity contribution >= 4 is 17.8 Å². The molecule has 128 valence electrons. The zero-order chi connectivity index (χ0) is 18.1. The molecule has 1 aromatic rings. The molecule has 8 heteroatoms. The van der Waals surface area contributed by atoms with E-state index < -0.39 is 35.7 Å². The van der Waals surface area contributed by atoms with E-state index >= 15 is 0 Å². The summed E-state index contributed by atoms with van der Waals surface area (Å²) in [6.07, 6.45) is -0.0793. The van der Waals surface area contributed by atoms with Gasteiger partial charge in [-0.3, -0.25) is 9.59 Å². The molecule has 1 aromatic carbocycles. The zero-order valence-corrected chi connectivity index (χ0v) is 13.1. The van der Waals surface area contributed by atoms with Crippen molar-refractivity contribution in [1.82, 2.24) is 10.6 Å². The predicted molar refractivity (Wildman–Crippen MR) is 82.1 cm³/mol. The molecule has 1 rings (SSSR count). The number of carbonyl (C=O) groups excluding carboxylic acids is 2. The molecule has 2 amide bonds. The molecule has 0 unspecified atom stereocenters. The van der Waals surface area contributed by atoms with E-state index in [1.807, 2.05) is 6.07 Å². The van der Waals surface area contributed by atoms with Crippen molar-refractivity contribution in [3.63, 3.8) is 0 Å². The lowest BCUT2D eigenvalue weighted by molar-refractivity contribution is -0.142. The highest BCUT2D eigenvalue weighted by atomic mass is 19.1. The second kappa shape index (κ2) is 9.25. The largest absolute Gasteiger partial charge is 0.480 e. The highest BCUT2D eigenvalue weighted by Crippen LogP contribution is 2.08. The Morgan fingerprint density at radius 1 is 1.29 bits per heavy atom. The van der Waals surface area contributed by atoms with Crippen LogP contribution in [0.3, 0.4) is 0 Å². The number of halogens is 1. The first-order valence-corrected chi connectivity index (χ1v) is 7.25. The fourth-order valence-electron chi connectivity index (χ4n) is 2.09. The van der Waals surface area contributed by atoms with Gasteiger partial charge < -0.3 is 15.7 Å². The van der Waals surface area contributed by atoms with Crippen LogP contribution in [-0.2, 0) is 20.8 Å². The van der Waals surface area contributed by atoms with E-state index in [2.05, 4.69) is 10.6 Å².